The second kappa shape index (κ2) is 6.63. The van der Waals surface area contributed by atoms with Crippen molar-refractivity contribution in [2.75, 3.05) is 13.2 Å². The van der Waals surface area contributed by atoms with Gasteiger partial charge in [-0.2, -0.15) is 0 Å². The van der Waals surface area contributed by atoms with E-state index in [1.807, 2.05) is 0 Å². The van der Waals surface area contributed by atoms with Crippen LogP contribution in [0.3, 0.4) is 0 Å². The van der Waals surface area contributed by atoms with Gasteiger partial charge in [-0.05, 0) is 68.7 Å². The Labute approximate surface area is 122 Å². The molecule has 0 aliphatic carbocycles. The zero-order valence-corrected chi connectivity index (χ0v) is 13.4. The quantitative estimate of drug-likeness (QED) is 0.616. The molecule has 1 atom stereocenters. The number of ether oxygens (including phenoxy) is 1. The molecule has 3 nitrogen and oxygen atoms in total. The fourth-order valence-corrected chi connectivity index (χ4v) is 5.16. The smallest absolute Gasteiger partial charge is 0.0758 e. The Kier molecular flexibility index (Phi) is 5.45. The molecular weight excluding hydrogens is 368 g/mol. The summed E-state index contributed by atoms with van der Waals surface area (Å²) in [5.41, 5.74) is 4.18. The summed E-state index contributed by atoms with van der Waals surface area (Å²) in [6.45, 7) is 1.77. The summed E-state index contributed by atoms with van der Waals surface area (Å²) in [5, 5.41) is 0. The van der Waals surface area contributed by atoms with Crippen molar-refractivity contribution in [1.82, 2.24) is 5.43 Å². The monoisotopic (exact) mass is 382 g/mol. The molecule has 1 aliphatic rings. The highest BCUT2D eigenvalue weighted by molar-refractivity contribution is 9.12. The number of thiophene rings is 1. The van der Waals surface area contributed by atoms with Gasteiger partial charge in [0.2, 0.25) is 0 Å². The molecule has 1 aromatic heterocycles. The molecular formula is C11H16Br2N2OS. The van der Waals surface area contributed by atoms with Gasteiger partial charge >= 0.3 is 0 Å². The van der Waals surface area contributed by atoms with E-state index in [1.54, 1.807) is 11.3 Å². The Bertz CT molecular complexity index is 366. The minimum absolute atomic E-state index is 0.218. The summed E-state index contributed by atoms with van der Waals surface area (Å²) in [5.74, 6) is 6.39. The van der Waals surface area contributed by atoms with E-state index >= 15 is 0 Å². The normalized spacial score (nSPS) is 19.5. The van der Waals surface area contributed by atoms with Crippen molar-refractivity contribution in [2.24, 2.45) is 11.8 Å². The molecule has 2 rings (SSSR count). The lowest BCUT2D eigenvalue weighted by atomic mass is 9.91. The molecule has 3 N–H and O–H groups in total. The SMILES string of the molecule is NNC(CC1CCOCC1)c1cc(Br)sc1Br. The molecule has 1 unspecified atom stereocenters. The van der Waals surface area contributed by atoms with E-state index in [4.69, 9.17) is 10.6 Å². The lowest BCUT2D eigenvalue weighted by Gasteiger charge is -2.26. The van der Waals surface area contributed by atoms with E-state index in [-0.39, 0.29) is 6.04 Å². The fourth-order valence-electron chi connectivity index (χ4n) is 2.19. The Morgan fingerprint density at radius 1 is 1.47 bits per heavy atom. The molecule has 1 saturated heterocycles. The number of nitrogens with one attached hydrogen (secondary N) is 1. The molecule has 1 aliphatic heterocycles. The number of hydrogen-bond acceptors (Lipinski definition) is 4. The Morgan fingerprint density at radius 2 is 2.18 bits per heavy atom. The second-order valence-electron chi connectivity index (χ2n) is 4.29. The first-order chi connectivity index (χ1) is 8.20. The van der Waals surface area contributed by atoms with Crippen LogP contribution in [0, 0.1) is 5.92 Å². The highest BCUT2D eigenvalue weighted by Crippen LogP contribution is 2.38. The van der Waals surface area contributed by atoms with Crippen molar-refractivity contribution in [3.8, 4) is 0 Å². The minimum Gasteiger partial charge on any atom is -0.381 e. The van der Waals surface area contributed by atoms with Gasteiger partial charge in [0.05, 0.1) is 7.57 Å². The van der Waals surface area contributed by atoms with Crippen molar-refractivity contribution in [3.05, 3.63) is 19.2 Å². The maximum absolute atomic E-state index is 5.69. The number of halogens is 2. The molecule has 1 aromatic rings. The van der Waals surface area contributed by atoms with E-state index in [0.29, 0.717) is 5.92 Å². The van der Waals surface area contributed by atoms with E-state index in [9.17, 15) is 0 Å². The molecule has 2 heterocycles. The van der Waals surface area contributed by atoms with Crippen LogP contribution in [0.1, 0.15) is 30.9 Å². The van der Waals surface area contributed by atoms with Crippen LogP contribution in [-0.4, -0.2) is 13.2 Å². The molecule has 0 amide bonds. The predicted octanol–water partition coefficient (Wildman–Crippen LogP) is 3.59. The maximum Gasteiger partial charge on any atom is 0.0758 e. The topological polar surface area (TPSA) is 47.3 Å². The summed E-state index contributed by atoms with van der Waals surface area (Å²) in [6, 6.07) is 2.36. The molecule has 6 heteroatoms. The van der Waals surface area contributed by atoms with E-state index < -0.39 is 0 Å². The van der Waals surface area contributed by atoms with Crippen LogP contribution in [0.4, 0.5) is 0 Å². The predicted molar refractivity (Wildman–Crippen MR) is 77.9 cm³/mol. The summed E-state index contributed by atoms with van der Waals surface area (Å²) in [4.78, 5) is 0. The third kappa shape index (κ3) is 3.75. The van der Waals surface area contributed by atoms with Crippen molar-refractivity contribution >= 4 is 43.2 Å². The standard InChI is InChI=1S/C11H16Br2N2OS/c12-10-6-8(11(13)17-10)9(15-14)5-7-1-3-16-4-2-7/h6-7,9,15H,1-5,14H2. The number of rotatable bonds is 4. The highest BCUT2D eigenvalue weighted by Gasteiger charge is 2.22. The van der Waals surface area contributed by atoms with Crippen LogP contribution in [0.2, 0.25) is 0 Å². The molecule has 17 heavy (non-hydrogen) atoms. The van der Waals surface area contributed by atoms with E-state index in [2.05, 4.69) is 43.4 Å². The average Bonchev–Trinajstić information content (AvgIpc) is 2.67. The van der Waals surface area contributed by atoms with Crippen molar-refractivity contribution < 1.29 is 4.74 Å². The van der Waals surface area contributed by atoms with Gasteiger partial charge in [-0.1, -0.05) is 0 Å². The van der Waals surface area contributed by atoms with E-state index in [1.165, 1.54) is 5.56 Å². The molecule has 0 saturated carbocycles. The van der Waals surface area contributed by atoms with Crippen molar-refractivity contribution in [1.29, 1.82) is 0 Å². The van der Waals surface area contributed by atoms with Gasteiger partial charge in [0.15, 0.2) is 0 Å². The van der Waals surface area contributed by atoms with Crippen molar-refractivity contribution in [2.45, 2.75) is 25.3 Å². The van der Waals surface area contributed by atoms with Crippen molar-refractivity contribution in [3.63, 3.8) is 0 Å². The minimum atomic E-state index is 0.218. The average molecular weight is 384 g/mol. The van der Waals surface area contributed by atoms with Gasteiger partial charge in [0.1, 0.15) is 0 Å². The number of nitrogens with two attached hydrogens (primary N) is 1. The summed E-state index contributed by atoms with van der Waals surface area (Å²) in [6.07, 6.45) is 3.35. The number of hydrazine groups is 1. The Hall–Kier alpha value is 0.540. The Balaban J connectivity index is 2.02. The maximum atomic E-state index is 5.69. The van der Waals surface area contributed by atoms with Gasteiger partial charge in [-0.3, -0.25) is 11.3 Å². The molecule has 96 valence electrons. The summed E-state index contributed by atoms with van der Waals surface area (Å²) >= 11 is 8.79. The summed E-state index contributed by atoms with van der Waals surface area (Å²) < 4.78 is 7.67. The summed E-state index contributed by atoms with van der Waals surface area (Å²) in [7, 11) is 0. The first-order valence-corrected chi connectivity index (χ1v) is 8.09. The molecule has 1 fully saturated rings. The zero-order valence-electron chi connectivity index (χ0n) is 9.42. The fraction of sp³-hybridized carbons (Fsp3) is 0.636. The molecule has 0 bridgehead atoms. The van der Waals surface area contributed by atoms with Gasteiger partial charge in [0, 0.05) is 19.3 Å². The van der Waals surface area contributed by atoms with Crippen LogP contribution in [0.15, 0.2) is 13.6 Å². The zero-order chi connectivity index (χ0) is 12.3. The van der Waals surface area contributed by atoms with Crippen LogP contribution in [0.25, 0.3) is 0 Å². The van der Waals surface area contributed by atoms with Gasteiger partial charge in [-0.25, -0.2) is 0 Å². The second-order valence-corrected chi connectivity index (χ2v) is 8.04. The third-order valence-electron chi connectivity index (χ3n) is 3.17. The first-order valence-electron chi connectivity index (χ1n) is 5.69. The van der Waals surface area contributed by atoms with Crippen LogP contribution in [0.5, 0.6) is 0 Å². The first kappa shape index (κ1) is 14.0. The van der Waals surface area contributed by atoms with Crippen LogP contribution < -0.4 is 11.3 Å². The van der Waals surface area contributed by atoms with Gasteiger partial charge in [-0.15, -0.1) is 11.3 Å². The van der Waals surface area contributed by atoms with Crippen LogP contribution >= 0.6 is 43.2 Å². The van der Waals surface area contributed by atoms with Gasteiger partial charge in [0.25, 0.3) is 0 Å². The van der Waals surface area contributed by atoms with Gasteiger partial charge < -0.3 is 4.74 Å². The third-order valence-corrected chi connectivity index (χ3v) is 5.56. The molecule has 0 radical (unpaired) electrons. The largest absolute Gasteiger partial charge is 0.381 e. The molecule has 0 aromatic carbocycles. The van der Waals surface area contributed by atoms with Crippen LogP contribution in [-0.2, 0) is 4.74 Å². The highest BCUT2D eigenvalue weighted by atomic mass is 79.9. The lowest BCUT2D eigenvalue weighted by Crippen LogP contribution is -2.31. The molecule has 0 spiro atoms. The number of hydrogen-bond donors (Lipinski definition) is 2. The van der Waals surface area contributed by atoms with E-state index in [0.717, 1.165) is 40.0 Å². The lowest BCUT2D eigenvalue weighted by molar-refractivity contribution is 0.0605. The Morgan fingerprint density at radius 3 is 2.71 bits per heavy atom.